The van der Waals surface area contributed by atoms with Gasteiger partial charge in [-0.05, 0) is 36.0 Å². The summed E-state index contributed by atoms with van der Waals surface area (Å²) in [5.74, 6) is 0.377. The van der Waals surface area contributed by atoms with Gasteiger partial charge in [0.2, 0.25) is 0 Å². The van der Waals surface area contributed by atoms with E-state index in [1.54, 1.807) is 0 Å². The molecule has 1 aliphatic carbocycles. The molecule has 2 aliphatic heterocycles. The first-order valence-corrected chi connectivity index (χ1v) is 9.49. The van der Waals surface area contributed by atoms with E-state index in [-0.39, 0.29) is 5.82 Å². The van der Waals surface area contributed by atoms with Crippen molar-refractivity contribution in [3.8, 4) is 0 Å². The molecule has 6 nitrogen and oxygen atoms in total. The van der Waals surface area contributed by atoms with Crippen LogP contribution in [0.1, 0.15) is 42.2 Å². The van der Waals surface area contributed by atoms with Gasteiger partial charge in [-0.1, -0.05) is 12.1 Å². The molecule has 1 fully saturated rings. The Kier molecular flexibility index (Phi) is 3.99. The summed E-state index contributed by atoms with van der Waals surface area (Å²) in [6.07, 6.45) is 3.36. The van der Waals surface area contributed by atoms with E-state index in [0.717, 1.165) is 42.7 Å². The molecule has 0 spiro atoms. The van der Waals surface area contributed by atoms with Crippen LogP contribution in [0.3, 0.4) is 0 Å². The number of halogens is 3. The number of rotatable bonds is 1. The fourth-order valence-corrected chi connectivity index (χ4v) is 4.38. The van der Waals surface area contributed by atoms with E-state index >= 15 is 0 Å². The van der Waals surface area contributed by atoms with Crippen molar-refractivity contribution in [1.29, 1.82) is 0 Å². The van der Waals surface area contributed by atoms with Gasteiger partial charge in [0.05, 0.1) is 5.69 Å². The summed E-state index contributed by atoms with van der Waals surface area (Å²) in [5.41, 5.74) is 3.75. The Morgan fingerprint density at radius 3 is 2.68 bits per heavy atom. The first kappa shape index (κ1) is 17.4. The molecule has 0 radical (unpaired) electrons. The molecular formula is C19H19F3N6. The molecule has 3 aliphatic rings. The van der Waals surface area contributed by atoms with Gasteiger partial charge in [-0.2, -0.15) is 22.9 Å². The maximum atomic E-state index is 13.1. The van der Waals surface area contributed by atoms with Gasteiger partial charge < -0.3 is 4.90 Å². The van der Waals surface area contributed by atoms with E-state index < -0.39 is 12.0 Å². The zero-order valence-electron chi connectivity index (χ0n) is 15.2. The standard InChI is InChI=1S/C19H19F3N6/c20-19(21,22)18-25-24-16-5-6-17(26-28(16)18)27-10-7-12(8-11-27)13-3-4-15-14(13)2-1-9-23-15/h1-3,9,12H,4-8,10-11H2. The molecule has 2 aromatic heterocycles. The maximum Gasteiger partial charge on any atom is 0.453 e. The van der Waals surface area contributed by atoms with Crippen LogP contribution in [0.5, 0.6) is 0 Å². The van der Waals surface area contributed by atoms with E-state index in [4.69, 9.17) is 0 Å². The zero-order valence-corrected chi connectivity index (χ0v) is 15.2. The second kappa shape index (κ2) is 6.42. The summed E-state index contributed by atoms with van der Waals surface area (Å²) in [4.78, 5) is 6.56. The van der Waals surface area contributed by atoms with Crippen LogP contribution in [-0.4, -0.2) is 43.7 Å². The molecule has 0 aromatic carbocycles. The molecular weight excluding hydrogens is 369 g/mol. The second-order valence-electron chi connectivity index (χ2n) is 7.39. The summed E-state index contributed by atoms with van der Waals surface area (Å²) < 4.78 is 40.2. The Morgan fingerprint density at radius 1 is 1.07 bits per heavy atom. The maximum absolute atomic E-state index is 13.1. The average molecular weight is 388 g/mol. The number of nitrogens with zero attached hydrogens (tertiary/aromatic N) is 6. The number of allylic oxidation sites excluding steroid dienone is 2. The van der Waals surface area contributed by atoms with Crippen LogP contribution < -0.4 is 0 Å². The van der Waals surface area contributed by atoms with E-state index in [0.29, 0.717) is 24.6 Å². The molecule has 2 aromatic rings. The Labute approximate surface area is 159 Å². The zero-order chi connectivity index (χ0) is 19.3. The molecule has 1 saturated heterocycles. The number of aryl methyl sites for hydroxylation is 1. The first-order chi connectivity index (χ1) is 13.5. The number of aromatic nitrogens is 4. The average Bonchev–Trinajstić information content (AvgIpc) is 3.31. The normalized spacial score (nSPS) is 19.9. The first-order valence-electron chi connectivity index (χ1n) is 9.49. The summed E-state index contributed by atoms with van der Waals surface area (Å²) in [6.45, 7) is 1.57. The van der Waals surface area contributed by atoms with Crippen molar-refractivity contribution in [3.05, 3.63) is 47.3 Å². The molecule has 28 heavy (non-hydrogen) atoms. The van der Waals surface area contributed by atoms with Gasteiger partial charge in [0.1, 0.15) is 5.84 Å². The summed E-state index contributed by atoms with van der Waals surface area (Å²) in [6, 6.07) is 4.10. The van der Waals surface area contributed by atoms with Gasteiger partial charge in [-0.3, -0.25) is 4.98 Å². The number of pyridine rings is 1. The topological polar surface area (TPSA) is 59.2 Å². The summed E-state index contributed by atoms with van der Waals surface area (Å²) in [7, 11) is 0. The van der Waals surface area contributed by atoms with E-state index in [9.17, 15) is 13.2 Å². The largest absolute Gasteiger partial charge is 0.453 e. The minimum atomic E-state index is -4.55. The SMILES string of the molecule is FC(F)(F)c1nnc2n1N=C(N1CCC(C3=CCc4ncccc43)CC1)CC2. The minimum absolute atomic E-state index is 0.270. The lowest BCUT2D eigenvalue weighted by Gasteiger charge is -2.35. The van der Waals surface area contributed by atoms with Crippen LogP contribution in [0.15, 0.2) is 29.5 Å². The molecule has 0 atom stereocenters. The van der Waals surface area contributed by atoms with Crippen molar-refractivity contribution in [2.75, 3.05) is 13.1 Å². The molecule has 0 N–H and O–H groups in total. The lowest BCUT2D eigenvalue weighted by atomic mass is 9.86. The highest BCUT2D eigenvalue weighted by Crippen LogP contribution is 2.37. The van der Waals surface area contributed by atoms with Gasteiger partial charge in [-0.15, -0.1) is 10.2 Å². The third-order valence-corrected chi connectivity index (χ3v) is 5.76. The van der Waals surface area contributed by atoms with Gasteiger partial charge in [-0.25, -0.2) is 0 Å². The van der Waals surface area contributed by atoms with Gasteiger partial charge in [0, 0.05) is 38.5 Å². The van der Waals surface area contributed by atoms with Crippen molar-refractivity contribution in [2.45, 2.75) is 38.3 Å². The monoisotopic (exact) mass is 388 g/mol. The Hall–Kier alpha value is -2.71. The van der Waals surface area contributed by atoms with Crippen molar-refractivity contribution in [1.82, 2.24) is 24.8 Å². The number of piperidine rings is 1. The second-order valence-corrected chi connectivity index (χ2v) is 7.39. The fourth-order valence-electron chi connectivity index (χ4n) is 4.38. The Balaban J connectivity index is 1.31. The molecule has 9 heteroatoms. The van der Waals surface area contributed by atoms with Crippen LogP contribution in [0, 0.1) is 5.92 Å². The number of hydrogen-bond donors (Lipinski definition) is 0. The summed E-state index contributed by atoms with van der Waals surface area (Å²) in [5, 5.41) is 11.2. The van der Waals surface area contributed by atoms with Gasteiger partial charge in [0.15, 0.2) is 5.82 Å². The van der Waals surface area contributed by atoms with E-state index in [1.807, 2.05) is 12.3 Å². The predicted octanol–water partition coefficient (Wildman–Crippen LogP) is 3.15. The quantitative estimate of drug-likeness (QED) is 0.753. The van der Waals surface area contributed by atoms with E-state index in [1.165, 1.54) is 11.1 Å². The number of fused-ring (bicyclic) bond motifs is 2. The summed E-state index contributed by atoms with van der Waals surface area (Å²) >= 11 is 0. The minimum Gasteiger partial charge on any atom is -0.359 e. The van der Waals surface area contributed by atoms with Gasteiger partial charge in [0.25, 0.3) is 5.82 Å². The lowest BCUT2D eigenvalue weighted by Crippen LogP contribution is -2.40. The fraction of sp³-hybridized carbons (Fsp3) is 0.474. The molecule has 0 saturated carbocycles. The van der Waals surface area contributed by atoms with Crippen LogP contribution in [0.4, 0.5) is 13.2 Å². The molecule has 146 valence electrons. The van der Waals surface area contributed by atoms with E-state index in [2.05, 4.69) is 37.3 Å². The van der Waals surface area contributed by atoms with Gasteiger partial charge >= 0.3 is 6.18 Å². The number of likely N-dealkylation sites (tertiary alicyclic amines) is 1. The molecule has 0 unspecified atom stereocenters. The van der Waals surface area contributed by atoms with Crippen molar-refractivity contribution in [3.63, 3.8) is 0 Å². The molecule has 5 rings (SSSR count). The third kappa shape index (κ3) is 2.89. The number of amidine groups is 1. The van der Waals surface area contributed by atoms with Crippen LogP contribution >= 0.6 is 0 Å². The van der Waals surface area contributed by atoms with Crippen LogP contribution in [0.2, 0.25) is 0 Å². The van der Waals surface area contributed by atoms with Crippen LogP contribution in [-0.2, 0) is 19.0 Å². The van der Waals surface area contributed by atoms with Crippen LogP contribution in [0.25, 0.3) is 5.57 Å². The highest BCUT2D eigenvalue weighted by molar-refractivity contribution is 5.83. The predicted molar refractivity (Wildman–Crippen MR) is 96.4 cm³/mol. The molecule has 4 heterocycles. The van der Waals surface area contributed by atoms with Crippen molar-refractivity contribution >= 4 is 11.4 Å². The highest BCUT2D eigenvalue weighted by atomic mass is 19.4. The van der Waals surface area contributed by atoms with Crippen molar-refractivity contribution < 1.29 is 13.2 Å². The Morgan fingerprint density at radius 2 is 1.89 bits per heavy atom. The number of hydrogen-bond acceptors (Lipinski definition) is 5. The molecule has 0 bridgehead atoms. The highest BCUT2D eigenvalue weighted by Gasteiger charge is 2.40. The lowest BCUT2D eigenvalue weighted by molar-refractivity contribution is -0.147. The molecule has 0 amide bonds. The van der Waals surface area contributed by atoms with Crippen molar-refractivity contribution in [2.24, 2.45) is 11.0 Å². The number of alkyl halides is 3. The Bertz CT molecular complexity index is 966. The third-order valence-electron chi connectivity index (χ3n) is 5.76. The smallest absolute Gasteiger partial charge is 0.359 e.